The highest BCUT2D eigenvalue weighted by Gasteiger charge is 1.94. The van der Waals surface area contributed by atoms with Gasteiger partial charge in [0.15, 0.2) is 0 Å². The van der Waals surface area contributed by atoms with E-state index in [1.165, 1.54) is 5.56 Å². The molecule has 0 amide bonds. The number of benzene rings is 1. The average Bonchev–Trinajstić information content (AvgIpc) is 2.72. The molecule has 0 saturated heterocycles. The van der Waals surface area contributed by atoms with Gasteiger partial charge in [0, 0.05) is 18.5 Å². The van der Waals surface area contributed by atoms with Crippen molar-refractivity contribution in [1.29, 1.82) is 0 Å². The second-order valence-corrected chi connectivity index (χ2v) is 3.79. The molecule has 2 rings (SSSR count). The van der Waals surface area contributed by atoms with E-state index in [4.69, 9.17) is 0 Å². The number of hydrogen-bond acceptors (Lipinski definition) is 3. The molecule has 1 aromatic heterocycles. The summed E-state index contributed by atoms with van der Waals surface area (Å²) in [5.41, 5.74) is 4.29. The van der Waals surface area contributed by atoms with E-state index in [2.05, 4.69) is 39.9 Å². The summed E-state index contributed by atoms with van der Waals surface area (Å²) in [6, 6.07) is 10.4. The van der Waals surface area contributed by atoms with Crippen molar-refractivity contribution in [3.63, 3.8) is 0 Å². The molecule has 72 valence electrons. The summed E-state index contributed by atoms with van der Waals surface area (Å²) in [5.74, 6) is 0. The summed E-state index contributed by atoms with van der Waals surface area (Å²) < 4.78 is 0. The van der Waals surface area contributed by atoms with Gasteiger partial charge in [-0.25, -0.2) is 4.98 Å². The zero-order chi connectivity index (χ0) is 9.64. The van der Waals surface area contributed by atoms with E-state index in [1.807, 2.05) is 11.6 Å². The monoisotopic (exact) mass is 204 g/mol. The Morgan fingerprint density at radius 1 is 1.14 bits per heavy atom. The standard InChI is InChI=1S/C11H12N2S/c1-2-4-10(5-3-1)6-12-7-11-8-14-9-13-11/h1-5,8-9,12H,6-7H2. The molecule has 0 fully saturated rings. The SMILES string of the molecule is c1ccc(CNCc2cscn2)cc1. The van der Waals surface area contributed by atoms with Gasteiger partial charge in [-0.05, 0) is 5.56 Å². The third kappa shape index (κ3) is 2.65. The number of nitrogens with zero attached hydrogens (tertiary/aromatic N) is 1. The van der Waals surface area contributed by atoms with E-state index < -0.39 is 0 Å². The molecule has 0 saturated carbocycles. The summed E-state index contributed by atoms with van der Waals surface area (Å²) in [4.78, 5) is 4.20. The topological polar surface area (TPSA) is 24.9 Å². The van der Waals surface area contributed by atoms with E-state index in [9.17, 15) is 0 Å². The zero-order valence-corrected chi connectivity index (χ0v) is 8.63. The molecule has 1 N–H and O–H groups in total. The predicted octanol–water partition coefficient (Wildman–Crippen LogP) is 2.43. The highest BCUT2D eigenvalue weighted by atomic mass is 32.1. The second-order valence-electron chi connectivity index (χ2n) is 3.07. The lowest BCUT2D eigenvalue weighted by atomic mass is 10.2. The van der Waals surface area contributed by atoms with Crippen LogP contribution in [0.1, 0.15) is 11.3 Å². The molecule has 1 heterocycles. The first-order valence-corrected chi connectivity index (χ1v) is 5.51. The molecule has 0 radical (unpaired) electrons. The Labute approximate surface area is 87.6 Å². The van der Waals surface area contributed by atoms with Crippen molar-refractivity contribution in [2.24, 2.45) is 0 Å². The number of hydrogen-bond donors (Lipinski definition) is 1. The minimum atomic E-state index is 0.846. The Morgan fingerprint density at radius 3 is 2.71 bits per heavy atom. The van der Waals surface area contributed by atoms with Crippen molar-refractivity contribution in [2.45, 2.75) is 13.1 Å². The molecule has 2 aromatic rings. The maximum Gasteiger partial charge on any atom is 0.0795 e. The smallest absolute Gasteiger partial charge is 0.0795 e. The molecule has 14 heavy (non-hydrogen) atoms. The lowest BCUT2D eigenvalue weighted by Crippen LogP contribution is -2.12. The Morgan fingerprint density at radius 2 is 2.00 bits per heavy atom. The van der Waals surface area contributed by atoms with Crippen molar-refractivity contribution >= 4 is 11.3 Å². The van der Waals surface area contributed by atoms with Gasteiger partial charge in [-0.1, -0.05) is 30.3 Å². The van der Waals surface area contributed by atoms with Crippen LogP contribution in [0.25, 0.3) is 0 Å². The van der Waals surface area contributed by atoms with Crippen LogP contribution >= 0.6 is 11.3 Å². The van der Waals surface area contributed by atoms with Gasteiger partial charge in [0.05, 0.1) is 11.2 Å². The molecule has 0 aliphatic carbocycles. The summed E-state index contributed by atoms with van der Waals surface area (Å²) in [6.07, 6.45) is 0. The van der Waals surface area contributed by atoms with Crippen molar-refractivity contribution < 1.29 is 0 Å². The van der Waals surface area contributed by atoms with Crippen molar-refractivity contribution in [2.75, 3.05) is 0 Å². The van der Waals surface area contributed by atoms with E-state index in [-0.39, 0.29) is 0 Å². The van der Waals surface area contributed by atoms with Crippen LogP contribution in [0.15, 0.2) is 41.2 Å². The zero-order valence-electron chi connectivity index (χ0n) is 7.81. The predicted molar refractivity (Wildman–Crippen MR) is 59.1 cm³/mol. The van der Waals surface area contributed by atoms with Gasteiger partial charge < -0.3 is 5.32 Å². The fraction of sp³-hybridized carbons (Fsp3) is 0.182. The lowest BCUT2D eigenvalue weighted by molar-refractivity contribution is 0.683. The number of nitrogens with one attached hydrogen (secondary N) is 1. The minimum Gasteiger partial charge on any atom is -0.307 e. The maximum absolute atomic E-state index is 4.20. The first-order valence-electron chi connectivity index (χ1n) is 4.57. The summed E-state index contributed by atoms with van der Waals surface area (Å²) in [6.45, 7) is 1.75. The molecule has 0 spiro atoms. The van der Waals surface area contributed by atoms with E-state index in [0.29, 0.717) is 0 Å². The van der Waals surface area contributed by atoms with E-state index in [1.54, 1.807) is 11.3 Å². The molecule has 0 atom stereocenters. The van der Waals surface area contributed by atoms with Gasteiger partial charge >= 0.3 is 0 Å². The Hall–Kier alpha value is -1.19. The molecule has 1 aromatic carbocycles. The summed E-state index contributed by atoms with van der Waals surface area (Å²) in [5, 5.41) is 5.42. The highest BCUT2D eigenvalue weighted by molar-refractivity contribution is 7.07. The average molecular weight is 204 g/mol. The fourth-order valence-corrected chi connectivity index (χ4v) is 1.81. The Balaban J connectivity index is 1.79. The largest absolute Gasteiger partial charge is 0.307 e. The van der Waals surface area contributed by atoms with Crippen LogP contribution in [0.4, 0.5) is 0 Å². The quantitative estimate of drug-likeness (QED) is 0.827. The molecule has 0 aliphatic heterocycles. The van der Waals surface area contributed by atoms with Crippen LogP contribution in [0.5, 0.6) is 0 Å². The van der Waals surface area contributed by atoms with Crippen LogP contribution in [0, 0.1) is 0 Å². The fourth-order valence-electron chi connectivity index (χ4n) is 1.26. The van der Waals surface area contributed by atoms with Gasteiger partial charge in [-0.2, -0.15) is 0 Å². The number of rotatable bonds is 4. The number of aromatic nitrogens is 1. The van der Waals surface area contributed by atoms with Crippen molar-refractivity contribution in [3.05, 3.63) is 52.5 Å². The molecule has 0 bridgehead atoms. The normalized spacial score (nSPS) is 10.3. The number of thiazole rings is 1. The third-order valence-electron chi connectivity index (χ3n) is 1.96. The lowest BCUT2D eigenvalue weighted by Gasteiger charge is -2.01. The van der Waals surface area contributed by atoms with Gasteiger partial charge in [0.2, 0.25) is 0 Å². The van der Waals surface area contributed by atoms with Gasteiger partial charge in [0.1, 0.15) is 0 Å². The highest BCUT2D eigenvalue weighted by Crippen LogP contribution is 2.01. The van der Waals surface area contributed by atoms with Crippen molar-refractivity contribution in [3.8, 4) is 0 Å². The molecule has 3 heteroatoms. The van der Waals surface area contributed by atoms with E-state index >= 15 is 0 Å². The van der Waals surface area contributed by atoms with Crippen LogP contribution in [-0.4, -0.2) is 4.98 Å². The molecule has 0 unspecified atom stereocenters. The van der Waals surface area contributed by atoms with Crippen LogP contribution in [0.3, 0.4) is 0 Å². The Kier molecular flexibility index (Phi) is 3.27. The second kappa shape index (κ2) is 4.88. The van der Waals surface area contributed by atoms with Crippen LogP contribution in [-0.2, 0) is 13.1 Å². The summed E-state index contributed by atoms with van der Waals surface area (Å²) >= 11 is 1.63. The van der Waals surface area contributed by atoms with Crippen LogP contribution in [0.2, 0.25) is 0 Å². The maximum atomic E-state index is 4.20. The molecular weight excluding hydrogens is 192 g/mol. The molecular formula is C11H12N2S. The molecule has 0 aliphatic rings. The summed E-state index contributed by atoms with van der Waals surface area (Å²) in [7, 11) is 0. The third-order valence-corrected chi connectivity index (χ3v) is 2.60. The first kappa shape index (κ1) is 9.37. The van der Waals surface area contributed by atoms with Crippen LogP contribution < -0.4 is 5.32 Å². The first-order chi connectivity index (χ1) is 6.95. The Bertz CT molecular complexity index is 356. The van der Waals surface area contributed by atoms with E-state index in [0.717, 1.165) is 18.8 Å². The van der Waals surface area contributed by atoms with Gasteiger partial charge in [-0.15, -0.1) is 11.3 Å². The molecule has 2 nitrogen and oxygen atoms in total. The van der Waals surface area contributed by atoms with Gasteiger partial charge in [-0.3, -0.25) is 0 Å². The minimum absolute atomic E-state index is 0.846. The van der Waals surface area contributed by atoms with Gasteiger partial charge in [0.25, 0.3) is 0 Å². The van der Waals surface area contributed by atoms with Crippen molar-refractivity contribution in [1.82, 2.24) is 10.3 Å².